The zero-order valence-corrected chi connectivity index (χ0v) is 19.4. The van der Waals surface area contributed by atoms with Crippen molar-refractivity contribution in [3.63, 3.8) is 0 Å². The topological polar surface area (TPSA) is 34.1 Å². The fraction of sp³-hybridized carbons (Fsp3) is 0.852. The van der Waals surface area contributed by atoms with Gasteiger partial charge in [-0.2, -0.15) is 0 Å². The normalized spacial score (nSPS) is 42.7. The van der Waals surface area contributed by atoms with Crippen molar-refractivity contribution in [3.8, 4) is 0 Å². The molecule has 0 N–H and O–H groups in total. The number of hydrogen-bond donors (Lipinski definition) is 0. The lowest BCUT2D eigenvalue weighted by atomic mass is 9.47. The van der Waals surface area contributed by atoms with Crippen molar-refractivity contribution >= 4 is 11.6 Å². The summed E-state index contributed by atoms with van der Waals surface area (Å²) in [6.45, 7) is 11.7. The molecule has 162 valence electrons. The molecule has 0 heterocycles. The van der Waals surface area contributed by atoms with Gasteiger partial charge in [0, 0.05) is 25.2 Å². The van der Waals surface area contributed by atoms with Crippen LogP contribution in [0.25, 0.3) is 0 Å². The Labute approximate surface area is 178 Å². The maximum atomic E-state index is 13.0. The Hall–Kier alpha value is -0.920. The number of hydrogen-bond acceptors (Lipinski definition) is 2. The number of rotatable bonds is 5. The molecule has 2 heteroatoms. The highest BCUT2D eigenvalue weighted by Crippen LogP contribution is 2.67. The Morgan fingerprint density at radius 2 is 1.86 bits per heavy atom. The van der Waals surface area contributed by atoms with Gasteiger partial charge in [-0.05, 0) is 85.4 Å². The number of allylic oxidation sites excluding steroid dienone is 2. The van der Waals surface area contributed by atoms with E-state index in [2.05, 4.69) is 40.7 Å². The van der Waals surface area contributed by atoms with Crippen molar-refractivity contribution in [1.82, 2.24) is 0 Å². The van der Waals surface area contributed by atoms with Crippen LogP contribution in [0.2, 0.25) is 0 Å². The van der Waals surface area contributed by atoms with Crippen molar-refractivity contribution in [2.75, 3.05) is 0 Å². The molecule has 0 saturated heterocycles. The fourth-order valence-electron chi connectivity index (χ4n) is 8.22. The first kappa shape index (κ1) is 21.3. The fourth-order valence-corrected chi connectivity index (χ4v) is 8.22. The molecule has 0 aromatic rings. The molecule has 3 saturated carbocycles. The molecule has 29 heavy (non-hydrogen) atoms. The summed E-state index contributed by atoms with van der Waals surface area (Å²) in [5, 5.41) is 0. The Bertz CT molecular complexity index is 703. The molecular weight excluding hydrogens is 356 g/mol. The van der Waals surface area contributed by atoms with Crippen molar-refractivity contribution < 1.29 is 9.59 Å². The Morgan fingerprint density at radius 3 is 2.59 bits per heavy atom. The molecule has 0 bridgehead atoms. The molecule has 4 aliphatic carbocycles. The molecule has 0 amide bonds. The highest BCUT2D eigenvalue weighted by Gasteiger charge is 2.59. The van der Waals surface area contributed by atoms with Crippen LogP contribution >= 0.6 is 0 Å². The van der Waals surface area contributed by atoms with Gasteiger partial charge in [0.2, 0.25) is 0 Å². The van der Waals surface area contributed by atoms with Gasteiger partial charge in [0.25, 0.3) is 0 Å². The third-order valence-electron chi connectivity index (χ3n) is 10.1. The average molecular weight is 399 g/mol. The van der Waals surface area contributed by atoms with Gasteiger partial charge >= 0.3 is 0 Å². The lowest BCUT2D eigenvalue weighted by Crippen LogP contribution is -2.50. The van der Waals surface area contributed by atoms with E-state index in [1.165, 1.54) is 37.7 Å². The Balaban J connectivity index is 1.53. The first-order valence-corrected chi connectivity index (χ1v) is 12.4. The summed E-state index contributed by atoms with van der Waals surface area (Å²) >= 11 is 0. The van der Waals surface area contributed by atoms with E-state index in [1.54, 1.807) is 0 Å². The summed E-state index contributed by atoms with van der Waals surface area (Å²) in [6, 6.07) is 0. The molecule has 0 unspecified atom stereocenters. The molecule has 0 spiro atoms. The first-order chi connectivity index (χ1) is 13.7. The highest BCUT2D eigenvalue weighted by molar-refractivity contribution is 5.82. The van der Waals surface area contributed by atoms with Crippen molar-refractivity contribution in [2.24, 2.45) is 46.3 Å². The highest BCUT2D eigenvalue weighted by atomic mass is 16.1. The predicted molar refractivity (Wildman–Crippen MR) is 118 cm³/mol. The maximum absolute atomic E-state index is 13.0. The van der Waals surface area contributed by atoms with E-state index in [1.807, 2.05) is 0 Å². The zero-order valence-electron chi connectivity index (χ0n) is 19.4. The van der Waals surface area contributed by atoms with Crippen LogP contribution in [0, 0.1) is 46.3 Å². The molecule has 2 nitrogen and oxygen atoms in total. The van der Waals surface area contributed by atoms with Crippen LogP contribution < -0.4 is 0 Å². The number of ketones is 2. The minimum Gasteiger partial charge on any atom is -0.299 e. The van der Waals surface area contributed by atoms with Crippen LogP contribution in [0.15, 0.2) is 11.6 Å². The summed E-state index contributed by atoms with van der Waals surface area (Å²) in [5.74, 6) is 4.63. The lowest BCUT2D eigenvalue weighted by Gasteiger charge is -2.57. The van der Waals surface area contributed by atoms with Crippen molar-refractivity contribution in [2.45, 2.75) is 98.8 Å². The summed E-state index contributed by atoms with van der Waals surface area (Å²) < 4.78 is 0. The molecule has 0 aliphatic heterocycles. The van der Waals surface area contributed by atoms with Gasteiger partial charge in [-0.25, -0.2) is 0 Å². The summed E-state index contributed by atoms with van der Waals surface area (Å²) in [6.07, 6.45) is 13.1. The van der Waals surface area contributed by atoms with Crippen LogP contribution in [-0.4, -0.2) is 11.6 Å². The summed E-state index contributed by atoms with van der Waals surface area (Å²) in [7, 11) is 0. The van der Waals surface area contributed by atoms with Crippen LogP contribution in [0.1, 0.15) is 98.8 Å². The van der Waals surface area contributed by atoms with E-state index in [0.717, 1.165) is 43.4 Å². The summed E-state index contributed by atoms with van der Waals surface area (Å²) in [4.78, 5) is 25.0. The third-order valence-corrected chi connectivity index (χ3v) is 10.1. The van der Waals surface area contributed by atoms with E-state index in [9.17, 15) is 9.59 Å². The lowest BCUT2D eigenvalue weighted by molar-refractivity contribution is -0.127. The predicted octanol–water partition coefficient (Wildman–Crippen LogP) is 6.78. The van der Waals surface area contributed by atoms with E-state index >= 15 is 0 Å². The molecule has 3 fully saturated rings. The number of fused-ring (bicyclic) bond motifs is 5. The van der Waals surface area contributed by atoms with Crippen LogP contribution in [-0.2, 0) is 9.59 Å². The van der Waals surface area contributed by atoms with Crippen molar-refractivity contribution in [1.29, 1.82) is 0 Å². The van der Waals surface area contributed by atoms with Gasteiger partial charge < -0.3 is 0 Å². The largest absolute Gasteiger partial charge is 0.299 e. The number of Topliss-reactive ketones (excluding diaryl/α,β-unsaturated/α-hetero) is 2. The molecule has 4 rings (SSSR count). The second kappa shape index (κ2) is 7.65. The Kier molecular flexibility index (Phi) is 5.62. The standard InChI is InChI=1S/C27H42O2/c1-17(2)6-11-25(29)18(3)22-9-10-23-21-8-7-19-16-20(28)12-14-26(19,4)24(21)13-15-27(22,23)5/h7,17-18,21-24H,6,8-16H2,1-5H3/t18-,21-,22+,23-,24-,26-,27+/m0/s1. The zero-order chi connectivity index (χ0) is 21.0. The third kappa shape index (κ3) is 3.47. The second-order valence-electron chi connectivity index (χ2n) is 11.9. The van der Waals surface area contributed by atoms with Crippen molar-refractivity contribution in [3.05, 3.63) is 11.6 Å². The Morgan fingerprint density at radius 1 is 1.10 bits per heavy atom. The van der Waals surface area contributed by atoms with Gasteiger partial charge in [0.15, 0.2) is 0 Å². The minimum atomic E-state index is 0.220. The quantitative estimate of drug-likeness (QED) is 0.479. The molecule has 4 aliphatic rings. The number of carbonyl (C=O) groups is 2. The molecule has 0 aromatic heterocycles. The first-order valence-electron chi connectivity index (χ1n) is 12.4. The van der Waals surface area contributed by atoms with Crippen LogP contribution in [0.5, 0.6) is 0 Å². The van der Waals surface area contributed by atoms with Gasteiger partial charge in [0.05, 0.1) is 0 Å². The van der Waals surface area contributed by atoms with Gasteiger partial charge in [-0.1, -0.05) is 46.3 Å². The van der Waals surface area contributed by atoms with Crippen LogP contribution in [0.4, 0.5) is 0 Å². The van der Waals surface area contributed by atoms with E-state index in [-0.39, 0.29) is 11.3 Å². The van der Waals surface area contributed by atoms with Gasteiger partial charge in [-0.15, -0.1) is 0 Å². The van der Waals surface area contributed by atoms with E-state index in [4.69, 9.17) is 0 Å². The second-order valence-corrected chi connectivity index (χ2v) is 11.9. The number of carbonyl (C=O) groups excluding carboxylic acids is 2. The molecule has 0 aromatic carbocycles. The maximum Gasteiger partial charge on any atom is 0.136 e. The summed E-state index contributed by atoms with van der Waals surface area (Å²) in [5.41, 5.74) is 2.06. The average Bonchev–Trinajstić information content (AvgIpc) is 3.03. The molecule has 0 radical (unpaired) electrons. The van der Waals surface area contributed by atoms with Gasteiger partial charge in [0.1, 0.15) is 11.6 Å². The van der Waals surface area contributed by atoms with Crippen LogP contribution in [0.3, 0.4) is 0 Å². The van der Waals surface area contributed by atoms with Gasteiger partial charge in [-0.3, -0.25) is 9.59 Å². The molecule has 7 atom stereocenters. The van der Waals surface area contributed by atoms with E-state index < -0.39 is 0 Å². The monoisotopic (exact) mass is 398 g/mol. The van der Waals surface area contributed by atoms with E-state index in [0.29, 0.717) is 35.2 Å². The smallest absolute Gasteiger partial charge is 0.136 e. The SMILES string of the molecule is CC(C)CCC(=O)[C@@H](C)[C@H]1CC[C@H]2[C@@H]3CC=C4CC(=O)CC[C@]4(C)[C@H]3CC[C@]12C. The molecular formula is C27H42O2. The minimum absolute atomic E-state index is 0.220.